The molecular formula is C17H26ClN3O3S. The summed E-state index contributed by atoms with van der Waals surface area (Å²) in [6.45, 7) is 7.05. The molecule has 0 aromatic heterocycles. The van der Waals surface area contributed by atoms with Crippen LogP contribution in [0.3, 0.4) is 0 Å². The number of aryl methyl sites for hydroxylation is 1. The molecule has 2 aliphatic rings. The topological polar surface area (TPSA) is 92.5 Å². The van der Waals surface area contributed by atoms with Gasteiger partial charge in [0, 0.05) is 25.2 Å². The molecule has 0 unspecified atom stereocenters. The Morgan fingerprint density at radius 2 is 1.84 bits per heavy atom. The van der Waals surface area contributed by atoms with Gasteiger partial charge in [-0.1, -0.05) is 0 Å². The summed E-state index contributed by atoms with van der Waals surface area (Å²) in [4.78, 5) is 14.7. The van der Waals surface area contributed by atoms with Gasteiger partial charge in [0.25, 0.3) is 5.91 Å². The molecular weight excluding hydrogens is 362 g/mol. The van der Waals surface area contributed by atoms with Gasteiger partial charge in [0.1, 0.15) is 0 Å². The van der Waals surface area contributed by atoms with E-state index in [4.69, 9.17) is 5.14 Å². The lowest BCUT2D eigenvalue weighted by Crippen LogP contribution is -2.44. The molecule has 1 aromatic carbocycles. The summed E-state index contributed by atoms with van der Waals surface area (Å²) >= 11 is 0. The fourth-order valence-electron chi connectivity index (χ4n) is 3.83. The second-order valence-corrected chi connectivity index (χ2v) is 8.71. The van der Waals surface area contributed by atoms with E-state index >= 15 is 0 Å². The number of primary sulfonamides is 1. The third kappa shape index (κ3) is 4.00. The van der Waals surface area contributed by atoms with E-state index in [1.54, 1.807) is 19.9 Å². The molecule has 2 saturated heterocycles. The third-order valence-electron chi connectivity index (χ3n) is 5.62. The van der Waals surface area contributed by atoms with Crippen LogP contribution in [-0.2, 0) is 10.0 Å². The Morgan fingerprint density at radius 1 is 1.20 bits per heavy atom. The average molecular weight is 388 g/mol. The second kappa shape index (κ2) is 7.23. The summed E-state index contributed by atoms with van der Waals surface area (Å²) in [6.07, 6.45) is 3.17. The second-order valence-electron chi connectivity index (χ2n) is 7.18. The Hall–Kier alpha value is -1.15. The standard InChI is InChI=1S/C17H25N3O3S.ClH/c1-12-9-14(10-15(13(12)2)24(18,22)23)16(21)20-7-4-17(5-8-20)3-6-19-11-17;/h9-10,19H,3-8,11H2,1-2H3,(H2,18,22,23);1H. The number of benzene rings is 1. The quantitative estimate of drug-likeness (QED) is 0.805. The van der Waals surface area contributed by atoms with Crippen molar-refractivity contribution in [2.75, 3.05) is 26.2 Å². The minimum absolute atomic E-state index is 0. The fraction of sp³-hybridized carbons (Fsp3) is 0.588. The molecule has 25 heavy (non-hydrogen) atoms. The molecule has 0 aliphatic carbocycles. The van der Waals surface area contributed by atoms with E-state index in [0.29, 0.717) is 16.5 Å². The van der Waals surface area contributed by atoms with Crippen molar-refractivity contribution in [1.82, 2.24) is 10.2 Å². The van der Waals surface area contributed by atoms with Crippen LogP contribution >= 0.6 is 12.4 Å². The van der Waals surface area contributed by atoms with Crippen LogP contribution in [0.4, 0.5) is 0 Å². The highest BCUT2D eigenvalue weighted by Gasteiger charge is 2.38. The lowest BCUT2D eigenvalue weighted by Gasteiger charge is -2.39. The van der Waals surface area contributed by atoms with E-state index in [0.717, 1.165) is 44.6 Å². The number of nitrogens with zero attached hydrogens (tertiary/aromatic N) is 1. The van der Waals surface area contributed by atoms with Crippen LogP contribution in [0.1, 0.15) is 40.7 Å². The molecule has 0 atom stereocenters. The maximum atomic E-state index is 12.8. The first-order chi connectivity index (χ1) is 11.2. The zero-order valence-electron chi connectivity index (χ0n) is 14.7. The lowest BCUT2D eigenvalue weighted by molar-refractivity contribution is 0.0607. The van der Waals surface area contributed by atoms with Gasteiger partial charge in [-0.2, -0.15) is 0 Å². The third-order valence-corrected chi connectivity index (χ3v) is 6.65. The Bertz CT molecular complexity index is 764. The van der Waals surface area contributed by atoms with Gasteiger partial charge in [-0.05, 0) is 68.3 Å². The Labute approximate surface area is 155 Å². The van der Waals surface area contributed by atoms with E-state index in [1.165, 1.54) is 12.5 Å². The average Bonchev–Trinajstić information content (AvgIpc) is 2.97. The molecule has 2 aliphatic heterocycles. The van der Waals surface area contributed by atoms with Crippen molar-refractivity contribution in [2.45, 2.75) is 38.0 Å². The number of likely N-dealkylation sites (tertiary alicyclic amines) is 1. The number of halogens is 1. The maximum Gasteiger partial charge on any atom is 0.253 e. The van der Waals surface area contributed by atoms with Gasteiger partial charge in [0.05, 0.1) is 4.90 Å². The molecule has 1 spiro atoms. The highest BCUT2D eigenvalue weighted by Crippen LogP contribution is 2.37. The minimum atomic E-state index is -3.84. The van der Waals surface area contributed by atoms with Gasteiger partial charge >= 0.3 is 0 Å². The number of piperidine rings is 1. The minimum Gasteiger partial charge on any atom is -0.339 e. The molecule has 0 radical (unpaired) electrons. The molecule has 2 fully saturated rings. The first-order valence-electron chi connectivity index (χ1n) is 8.36. The monoisotopic (exact) mass is 387 g/mol. The molecule has 0 saturated carbocycles. The molecule has 3 rings (SSSR count). The highest BCUT2D eigenvalue weighted by molar-refractivity contribution is 7.89. The number of nitrogens with two attached hydrogens (primary N) is 1. The number of hydrogen-bond acceptors (Lipinski definition) is 4. The van der Waals surface area contributed by atoms with Crippen LogP contribution in [0.5, 0.6) is 0 Å². The fourth-order valence-corrected chi connectivity index (χ4v) is 4.71. The summed E-state index contributed by atoms with van der Waals surface area (Å²) in [5.74, 6) is -0.108. The van der Waals surface area contributed by atoms with Gasteiger partial charge in [-0.3, -0.25) is 4.79 Å². The van der Waals surface area contributed by atoms with Gasteiger partial charge in [-0.15, -0.1) is 12.4 Å². The summed E-state index contributed by atoms with van der Waals surface area (Å²) in [5.41, 5.74) is 2.11. The normalized spacial score (nSPS) is 19.7. The first-order valence-corrected chi connectivity index (χ1v) is 9.91. The summed E-state index contributed by atoms with van der Waals surface area (Å²) in [5, 5.41) is 8.71. The number of carbonyl (C=O) groups is 1. The number of nitrogens with one attached hydrogen (secondary N) is 1. The van der Waals surface area contributed by atoms with Crippen LogP contribution < -0.4 is 10.5 Å². The lowest BCUT2D eigenvalue weighted by atomic mass is 9.78. The van der Waals surface area contributed by atoms with Crippen molar-refractivity contribution in [2.24, 2.45) is 10.6 Å². The zero-order valence-corrected chi connectivity index (χ0v) is 16.3. The van der Waals surface area contributed by atoms with Gasteiger partial charge < -0.3 is 10.2 Å². The summed E-state index contributed by atoms with van der Waals surface area (Å²) in [7, 11) is -3.84. The Balaban J connectivity index is 0.00000225. The van der Waals surface area contributed by atoms with Crippen LogP contribution in [0.15, 0.2) is 17.0 Å². The number of sulfonamides is 1. The molecule has 2 heterocycles. The molecule has 0 bridgehead atoms. The molecule has 1 amide bonds. The van der Waals surface area contributed by atoms with Crippen molar-refractivity contribution in [3.8, 4) is 0 Å². The molecule has 8 heteroatoms. The SMILES string of the molecule is Cc1cc(C(=O)N2CCC3(CCNC3)CC2)cc(S(N)(=O)=O)c1C.Cl. The van der Waals surface area contributed by atoms with Crippen molar-refractivity contribution < 1.29 is 13.2 Å². The first kappa shape index (κ1) is 20.2. The van der Waals surface area contributed by atoms with E-state index < -0.39 is 10.0 Å². The number of rotatable bonds is 2. The predicted octanol–water partition coefficient (Wildman–Crippen LogP) is 1.59. The molecule has 140 valence electrons. The van der Waals surface area contributed by atoms with E-state index in [-0.39, 0.29) is 23.2 Å². The van der Waals surface area contributed by atoms with Crippen LogP contribution in [0.25, 0.3) is 0 Å². The van der Waals surface area contributed by atoms with Crippen LogP contribution in [0.2, 0.25) is 0 Å². The number of amides is 1. The number of carbonyl (C=O) groups excluding carboxylic acids is 1. The van der Waals surface area contributed by atoms with Gasteiger partial charge in [0.2, 0.25) is 10.0 Å². The highest BCUT2D eigenvalue weighted by atomic mass is 35.5. The van der Waals surface area contributed by atoms with Crippen molar-refractivity contribution >= 4 is 28.3 Å². The van der Waals surface area contributed by atoms with Crippen molar-refractivity contribution in [3.05, 3.63) is 28.8 Å². The predicted molar refractivity (Wildman–Crippen MR) is 99.6 cm³/mol. The molecule has 3 N–H and O–H groups in total. The number of hydrogen-bond donors (Lipinski definition) is 2. The van der Waals surface area contributed by atoms with E-state index in [1.807, 2.05) is 4.90 Å². The Morgan fingerprint density at radius 3 is 2.36 bits per heavy atom. The molecule has 1 aromatic rings. The Kier molecular flexibility index (Phi) is 5.83. The van der Waals surface area contributed by atoms with Gasteiger partial charge in [0.15, 0.2) is 0 Å². The van der Waals surface area contributed by atoms with Crippen molar-refractivity contribution in [3.63, 3.8) is 0 Å². The zero-order chi connectivity index (χ0) is 17.5. The maximum absolute atomic E-state index is 12.8. The smallest absolute Gasteiger partial charge is 0.253 e. The van der Waals surface area contributed by atoms with Gasteiger partial charge in [-0.25, -0.2) is 13.6 Å². The van der Waals surface area contributed by atoms with E-state index in [9.17, 15) is 13.2 Å². The molecule has 6 nitrogen and oxygen atoms in total. The largest absolute Gasteiger partial charge is 0.339 e. The van der Waals surface area contributed by atoms with Crippen molar-refractivity contribution in [1.29, 1.82) is 0 Å². The van der Waals surface area contributed by atoms with Crippen LogP contribution in [0, 0.1) is 19.3 Å². The van der Waals surface area contributed by atoms with Crippen LogP contribution in [-0.4, -0.2) is 45.4 Å². The summed E-state index contributed by atoms with van der Waals surface area (Å²) < 4.78 is 23.5. The summed E-state index contributed by atoms with van der Waals surface area (Å²) in [6, 6.07) is 3.18. The van der Waals surface area contributed by atoms with E-state index in [2.05, 4.69) is 5.32 Å².